The van der Waals surface area contributed by atoms with E-state index in [0.717, 1.165) is 25.9 Å². The van der Waals surface area contributed by atoms with Crippen molar-refractivity contribution in [3.05, 3.63) is 0 Å². The van der Waals surface area contributed by atoms with Crippen molar-refractivity contribution in [2.75, 3.05) is 27.2 Å². The van der Waals surface area contributed by atoms with Gasteiger partial charge in [-0.2, -0.15) is 0 Å². The number of likely N-dealkylation sites (tertiary alicyclic amines) is 1. The van der Waals surface area contributed by atoms with Gasteiger partial charge in [-0.15, -0.1) is 0 Å². The average molecular weight is 271 g/mol. The summed E-state index contributed by atoms with van der Waals surface area (Å²) in [5.74, 6) is -1.24. The zero-order valence-corrected chi connectivity index (χ0v) is 12.2. The molecule has 1 amide bonds. The van der Waals surface area contributed by atoms with Gasteiger partial charge < -0.3 is 15.3 Å². The molecule has 6 nitrogen and oxygen atoms in total. The fourth-order valence-corrected chi connectivity index (χ4v) is 2.30. The molecule has 110 valence electrons. The van der Waals surface area contributed by atoms with E-state index < -0.39 is 12.0 Å². The molecule has 0 bridgehead atoms. The molecule has 1 saturated heterocycles. The minimum absolute atomic E-state index is 0.226. The number of carbonyl (C=O) groups is 2. The second-order valence-corrected chi connectivity index (χ2v) is 5.44. The third kappa shape index (κ3) is 4.47. The second-order valence-electron chi connectivity index (χ2n) is 5.44. The lowest BCUT2D eigenvalue weighted by Crippen LogP contribution is -2.53. The lowest BCUT2D eigenvalue weighted by atomic mass is 10.0. The van der Waals surface area contributed by atoms with E-state index in [0.29, 0.717) is 6.04 Å². The van der Waals surface area contributed by atoms with Gasteiger partial charge in [0.2, 0.25) is 5.91 Å². The van der Waals surface area contributed by atoms with Crippen LogP contribution < -0.4 is 5.32 Å². The summed E-state index contributed by atoms with van der Waals surface area (Å²) in [6.45, 7) is 5.37. The van der Waals surface area contributed by atoms with Crippen LogP contribution in [0.4, 0.5) is 0 Å². The number of hydrogen-bond acceptors (Lipinski definition) is 4. The average Bonchev–Trinajstić information content (AvgIpc) is 2.37. The fourth-order valence-electron chi connectivity index (χ4n) is 2.30. The molecule has 1 aliphatic heterocycles. The normalized spacial score (nSPS) is 21.1. The van der Waals surface area contributed by atoms with E-state index in [2.05, 4.69) is 22.2 Å². The Morgan fingerprint density at radius 1 is 1.32 bits per heavy atom. The van der Waals surface area contributed by atoms with E-state index in [1.165, 1.54) is 6.92 Å². The van der Waals surface area contributed by atoms with Gasteiger partial charge in [-0.1, -0.05) is 0 Å². The fraction of sp³-hybridized carbons (Fsp3) is 0.846. The Kier molecular flexibility index (Phi) is 5.75. The lowest BCUT2D eigenvalue weighted by Gasteiger charge is -2.37. The van der Waals surface area contributed by atoms with Gasteiger partial charge in [0.1, 0.15) is 6.04 Å². The zero-order chi connectivity index (χ0) is 14.6. The standard InChI is InChI=1S/C13H25N3O3/c1-9(13(18)19)14-12(17)10(2)16(4)11-5-7-15(3)8-6-11/h9-11H,5-8H2,1-4H3,(H,14,17)(H,18,19). The third-order valence-electron chi connectivity index (χ3n) is 3.98. The van der Waals surface area contributed by atoms with Crippen molar-refractivity contribution in [1.29, 1.82) is 0 Å². The highest BCUT2D eigenvalue weighted by Gasteiger charge is 2.28. The zero-order valence-electron chi connectivity index (χ0n) is 12.2. The van der Waals surface area contributed by atoms with Crippen molar-refractivity contribution in [2.45, 2.75) is 44.8 Å². The van der Waals surface area contributed by atoms with Gasteiger partial charge in [-0.25, -0.2) is 0 Å². The van der Waals surface area contributed by atoms with Crippen LogP contribution in [0, 0.1) is 0 Å². The highest BCUT2D eigenvalue weighted by molar-refractivity contribution is 5.86. The molecule has 0 saturated carbocycles. The maximum Gasteiger partial charge on any atom is 0.325 e. The molecule has 2 atom stereocenters. The summed E-state index contributed by atoms with van der Waals surface area (Å²) in [5.41, 5.74) is 0. The quantitative estimate of drug-likeness (QED) is 0.736. The molecular weight excluding hydrogens is 246 g/mol. The minimum Gasteiger partial charge on any atom is -0.480 e. The largest absolute Gasteiger partial charge is 0.480 e. The summed E-state index contributed by atoms with van der Waals surface area (Å²) in [5, 5.41) is 11.3. The predicted molar refractivity (Wildman–Crippen MR) is 73.0 cm³/mol. The van der Waals surface area contributed by atoms with Crippen molar-refractivity contribution < 1.29 is 14.7 Å². The third-order valence-corrected chi connectivity index (χ3v) is 3.98. The van der Waals surface area contributed by atoms with E-state index in [1.54, 1.807) is 0 Å². The number of nitrogens with zero attached hydrogens (tertiary/aromatic N) is 2. The SMILES string of the molecule is CC(NC(=O)C(C)N(C)C1CCN(C)CC1)C(=O)O. The summed E-state index contributed by atoms with van der Waals surface area (Å²) in [6, 6.07) is -0.770. The number of carboxylic acid groups (broad SMARTS) is 1. The topological polar surface area (TPSA) is 72.9 Å². The van der Waals surface area contributed by atoms with Crippen LogP contribution in [0.15, 0.2) is 0 Å². The number of aliphatic carboxylic acids is 1. The number of hydrogen-bond donors (Lipinski definition) is 2. The van der Waals surface area contributed by atoms with Crippen molar-refractivity contribution in [3.63, 3.8) is 0 Å². The van der Waals surface area contributed by atoms with Gasteiger partial charge in [0, 0.05) is 6.04 Å². The van der Waals surface area contributed by atoms with Gasteiger partial charge in [0.15, 0.2) is 0 Å². The molecule has 0 spiro atoms. The molecular formula is C13H25N3O3. The Morgan fingerprint density at radius 2 is 1.84 bits per heavy atom. The first-order valence-corrected chi connectivity index (χ1v) is 6.76. The van der Waals surface area contributed by atoms with Crippen LogP contribution >= 0.6 is 0 Å². The molecule has 2 unspecified atom stereocenters. The van der Waals surface area contributed by atoms with E-state index >= 15 is 0 Å². The molecule has 1 fully saturated rings. The van der Waals surface area contributed by atoms with Crippen molar-refractivity contribution in [2.24, 2.45) is 0 Å². The number of nitrogens with one attached hydrogen (secondary N) is 1. The van der Waals surface area contributed by atoms with Gasteiger partial charge >= 0.3 is 5.97 Å². The second kappa shape index (κ2) is 6.86. The monoisotopic (exact) mass is 271 g/mol. The Balaban J connectivity index is 2.49. The predicted octanol–water partition coefficient (Wildman–Crippen LogP) is -0.00980. The molecule has 0 radical (unpaired) electrons. The summed E-state index contributed by atoms with van der Waals surface area (Å²) in [4.78, 5) is 27.0. The molecule has 1 rings (SSSR count). The highest BCUT2D eigenvalue weighted by Crippen LogP contribution is 2.16. The van der Waals surface area contributed by atoms with Crippen LogP contribution in [-0.2, 0) is 9.59 Å². The van der Waals surface area contributed by atoms with E-state index in [-0.39, 0.29) is 11.9 Å². The number of rotatable bonds is 5. The Hall–Kier alpha value is -1.14. The Bertz CT molecular complexity index is 327. The van der Waals surface area contributed by atoms with Crippen LogP contribution in [0.3, 0.4) is 0 Å². The molecule has 0 aromatic carbocycles. The maximum absolute atomic E-state index is 12.0. The maximum atomic E-state index is 12.0. The number of carbonyl (C=O) groups excluding carboxylic acids is 1. The van der Waals surface area contributed by atoms with E-state index in [1.807, 2.05) is 14.0 Å². The first kappa shape index (κ1) is 15.9. The Morgan fingerprint density at radius 3 is 2.32 bits per heavy atom. The molecule has 1 heterocycles. The van der Waals surface area contributed by atoms with Crippen LogP contribution in [0.5, 0.6) is 0 Å². The summed E-state index contributed by atoms with van der Waals surface area (Å²) in [6.07, 6.45) is 2.08. The molecule has 2 N–H and O–H groups in total. The summed E-state index contributed by atoms with van der Waals surface area (Å²) in [7, 11) is 4.03. The summed E-state index contributed by atoms with van der Waals surface area (Å²) < 4.78 is 0. The van der Waals surface area contributed by atoms with Crippen LogP contribution in [0.1, 0.15) is 26.7 Å². The first-order valence-electron chi connectivity index (χ1n) is 6.76. The molecule has 0 aliphatic carbocycles. The smallest absolute Gasteiger partial charge is 0.325 e. The van der Waals surface area contributed by atoms with Crippen molar-refractivity contribution in [3.8, 4) is 0 Å². The molecule has 0 aromatic heterocycles. The number of carboxylic acids is 1. The molecule has 0 aromatic rings. The first-order chi connectivity index (χ1) is 8.82. The lowest BCUT2D eigenvalue weighted by molar-refractivity contribution is -0.142. The van der Waals surface area contributed by atoms with E-state index in [9.17, 15) is 9.59 Å². The molecule has 1 aliphatic rings. The van der Waals surface area contributed by atoms with Gasteiger partial charge in [0.05, 0.1) is 6.04 Å². The van der Waals surface area contributed by atoms with Crippen molar-refractivity contribution in [1.82, 2.24) is 15.1 Å². The summed E-state index contributed by atoms with van der Waals surface area (Å²) >= 11 is 0. The van der Waals surface area contributed by atoms with Crippen LogP contribution in [0.25, 0.3) is 0 Å². The van der Waals surface area contributed by atoms with Gasteiger partial charge in [-0.3, -0.25) is 14.5 Å². The van der Waals surface area contributed by atoms with Crippen LogP contribution in [-0.4, -0.2) is 72.1 Å². The molecule has 19 heavy (non-hydrogen) atoms. The van der Waals surface area contributed by atoms with Gasteiger partial charge in [0.25, 0.3) is 0 Å². The number of likely N-dealkylation sites (N-methyl/N-ethyl adjacent to an activating group) is 1. The van der Waals surface area contributed by atoms with Crippen molar-refractivity contribution >= 4 is 11.9 Å². The Labute approximate surface area is 114 Å². The highest BCUT2D eigenvalue weighted by atomic mass is 16.4. The number of amides is 1. The minimum atomic E-state index is -1.01. The number of piperidine rings is 1. The van der Waals surface area contributed by atoms with Crippen LogP contribution in [0.2, 0.25) is 0 Å². The van der Waals surface area contributed by atoms with E-state index in [4.69, 9.17) is 5.11 Å². The molecule has 6 heteroatoms. The van der Waals surface area contributed by atoms with Gasteiger partial charge in [-0.05, 0) is 53.9 Å².